The Morgan fingerprint density at radius 1 is 1.33 bits per heavy atom. The van der Waals surface area contributed by atoms with Crippen molar-refractivity contribution in [1.82, 2.24) is 10.2 Å². The second kappa shape index (κ2) is 9.81. The lowest BCUT2D eigenvalue weighted by Crippen LogP contribution is -2.55. The smallest absolute Gasteiger partial charge is 0.221 e. The zero-order valence-electron chi connectivity index (χ0n) is 11.1. The Labute approximate surface area is 122 Å². The molecule has 0 aromatic carbocycles. The summed E-state index contributed by atoms with van der Waals surface area (Å²) in [7, 11) is 0. The molecular weight excluding hydrogens is 277 g/mol. The molecule has 3 N–H and O–H groups in total. The van der Waals surface area contributed by atoms with Crippen molar-refractivity contribution in [3.8, 4) is 0 Å². The summed E-state index contributed by atoms with van der Waals surface area (Å²) in [5.41, 5.74) is 5.30. The molecule has 18 heavy (non-hydrogen) atoms. The molecule has 0 aromatic heterocycles. The van der Waals surface area contributed by atoms with Gasteiger partial charge < -0.3 is 15.8 Å². The maximum Gasteiger partial charge on any atom is 0.221 e. The van der Waals surface area contributed by atoms with Crippen LogP contribution in [0.25, 0.3) is 0 Å². The number of nitrogens with zero attached hydrogens (tertiary/aromatic N) is 1. The predicted molar refractivity (Wildman–Crippen MR) is 77.6 cm³/mol. The summed E-state index contributed by atoms with van der Waals surface area (Å²) < 4.78 is 5.31. The van der Waals surface area contributed by atoms with Gasteiger partial charge in [0.05, 0.1) is 13.2 Å². The van der Waals surface area contributed by atoms with Gasteiger partial charge in [0.25, 0.3) is 0 Å². The molecule has 5 nitrogen and oxygen atoms in total. The first-order valence-electron chi connectivity index (χ1n) is 5.86. The van der Waals surface area contributed by atoms with Gasteiger partial charge in [0.1, 0.15) is 0 Å². The average Bonchev–Trinajstić information content (AvgIpc) is 2.28. The van der Waals surface area contributed by atoms with Crippen LogP contribution < -0.4 is 11.1 Å². The lowest BCUT2D eigenvalue weighted by atomic mass is 10.0. The van der Waals surface area contributed by atoms with E-state index in [4.69, 9.17) is 10.5 Å². The van der Waals surface area contributed by atoms with E-state index >= 15 is 0 Å². The molecule has 1 aliphatic heterocycles. The topological polar surface area (TPSA) is 67.6 Å². The summed E-state index contributed by atoms with van der Waals surface area (Å²) in [6.45, 7) is 8.76. The standard InChI is InChI=1S/C11H23N3O2.2ClH/c1-11(2,9-13-10(15)3-4-12)14-5-7-16-8-6-14;;/h3-9,12H2,1-2H3,(H,13,15);2*1H. The van der Waals surface area contributed by atoms with Crippen LogP contribution in [0.15, 0.2) is 0 Å². The molecule has 1 amide bonds. The minimum atomic E-state index is -0.0198. The maximum absolute atomic E-state index is 11.3. The van der Waals surface area contributed by atoms with Gasteiger partial charge in [-0.05, 0) is 13.8 Å². The minimum absolute atomic E-state index is 0. The van der Waals surface area contributed by atoms with Crippen molar-refractivity contribution in [2.45, 2.75) is 25.8 Å². The fourth-order valence-corrected chi connectivity index (χ4v) is 1.81. The van der Waals surface area contributed by atoms with Gasteiger partial charge in [0, 0.05) is 38.1 Å². The third-order valence-electron chi connectivity index (χ3n) is 2.96. The molecule has 0 spiro atoms. The van der Waals surface area contributed by atoms with Gasteiger partial charge in [-0.2, -0.15) is 0 Å². The molecule has 1 saturated heterocycles. The molecule has 0 radical (unpaired) electrons. The molecule has 7 heteroatoms. The fraction of sp³-hybridized carbons (Fsp3) is 0.909. The van der Waals surface area contributed by atoms with E-state index in [0.717, 1.165) is 26.3 Å². The number of amides is 1. The Morgan fingerprint density at radius 2 is 1.89 bits per heavy atom. The second-order valence-electron chi connectivity index (χ2n) is 4.73. The van der Waals surface area contributed by atoms with Crippen molar-refractivity contribution in [3.05, 3.63) is 0 Å². The molecule has 1 aliphatic rings. The highest BCUT2D eigenvalue weighted by molar-refractivity contribution is 5.85. The first-order chi connectivity index (χ1) is 7.56. The van der Waals surface area contributed by atoms with Crippen LogP contribution >= 0.6 is 24.8 Å². The molecule has 0 aromatic rings. The molecule has 0 saturated carbocycles. The Balaban J connectivity index is 0. The number of halogens is 2. The van der Waals surface area contributed by atoms with Crippen LogP contribution in [0, 0.1) is 0 Å². The molecule has 1 heterocycles. The first-order valence-corrected chi connectivity index (χ1v) is 5.86. The van der Waals surface area contributed by atoms with E-state index in [2.05, 4.69) is 24.1 Å². The molecule has 0 unspecified atom stereocenters. The molecule has 0 bridgehead atoms. The first kappa shape index (κ1) is 20.3. The Kier molecular flexibility index (Phi) is 11.0. The van der Waals surface area contributed by atoms with Crippen molar-refractivity contribution >= 4 is 30.7 Å². The van der Waals surface area contributed by atoms with E-state index in [1.54, 1.807) is 0 Å². The summed E-state index contributed by atoms with van der Waals surface area (Å²) in [5.74, 6) is 0.0313. The van der Waals surface area contributed by atoms with Crippen molar-refractivity contribution in [1.29, 1.82) is 0 Å². The van der Waals surface area contributed by atoms with E-state index in [1.165, 1.54) is 0 Å². The zero-order valence-corrected chi connectivity index (χ0v) is 12.7. The number of nitrogens with two attached hydrogens (primary N) is 1. The van der Waals surface area contributed by atoms with Crippen molar-refractivity contribution in [2.75, 3.05) is 39.4 Å². The lowest BCUT2D eigenvalue weighted by Gasteiger charge is -2.40. The van der Waals surface area contributed by atoms with Crippen LogP contribution in [0.2, 0.25) is 0 Å². The summed E-state index contributed by atoms with van der Waals surface area (Å²) in [6.07, 6.45) is 0.402. The van der Waals surface area contributed by atoms with Gasteiger partial charge in [0.15, 0.2) is 0 Å². The summed E-state index contributed by atoms with van der Waals surface area (Å²) in [6, 6.07) is 0. The second-order valence-corrected chi connectivity index (χ2v) is 4.73. The van der Waals surface area contributed by atoms with E-state index in [1.807, 2.05) is 0 Å². The molecule has 0 aliphatic carbocycles. The molecule has 1 rings (SSSR count). The largest absolute Gasteiger partial charge is 0.379 e. The number of ether oxygens (including phenoxy) is 1. The Hall–Kier alpha value is -0.0700. The maximum atomic E-state index is 11.3. The SMILES string of the molecule is CC(C)(CNC(=O)CCN)N1CCOCC1.Cl.Cl. The van der Waals surface area contributed by atoms with E-state index in [0.29, 0.717) is 19.5 Å². The number of nitrogens with one attached hydrogen (secondary N) is 1. The minimum Gasteiger partial charge on any atom is -0.379 e. The number of carbonyl (C=O) groups is 1. The van der Waals surface area contributed by atoms with E-state index in [-0.39, 0.29) is 36.3 Å². The monoisotopic (exact) mass is 301 g/mol. The highest BCUT2D eigenvalue weighted by Gasteiger charge is 2.28. The number of morpholine rings is 1. The summed E-state index contributed by atoms with van der Waals surface area (Å²) >= 11 is 0. The van der Waals surface area contributed by atoms with Gasteiger partial charge in [0.2, 0.25) is 5.91 Å². The van der Waals surface area contributed by atoms with Gasteiger partial charge in [-0.3, -0.25) is 9.69 Å². The fourth-order valence-electron chi connectivity index (χ4n) is 1.81. The highest BCUT2D eigenvalue weighted by atomic mass is 35.5. The zero-order chi connectivity index (χ0) is 12.0. The van der Waals surface area contributed by atoms with Crippen molar-refractivity contribution in [3.63, 3.8) is 0 Å². The molecule has 1 fully saturated rings. The number of rotatable bonds is 5. The number of carbonyl (C=O) groups excluding carboxylic acids is 1. The molecule has 110 valence electrons. The summed E-state index contributed by atoms with van der Waals surface area (Å²) in [4.78, 5) is 13.7. The van der Waals surface area contributed by atoms with Crippen LogP contribution in [-0.2, 0) is 9.53 Å². The van der Waals surface area contributed by atoms with Gasteiger partial charge >= 0.3 is 0 Å². The average molecular weight is 302 g/mol. The third-order valence-corrected chi connectivity index (χ3v) is 2.96. The van der Waals surface area contributed by atoms with Crippen molar-refractivity contribution < 1.29 is 9.53 Å². The number of hydrogen-bond acceptors (Lipinski definition) is 4. The predicted octanol–water partition coefficient (Wildman–Crippen LogP) is 0.406. The van der Waals surface area contributed by atoms with Crippen LogP contribution in [0.3, 0.4) is 0 Å². The third kappa shape index (κ3) is 6.75. The van der Waals surface area contributed by atoms with Gasteiger partial charge in [-0.25, -0.2) is 0 Å². The quantitative estimate of drug-likeness (QED) is 0.772. The molecule has 0 atom stereocenters. The Bertz CT molecular complexity index is 234. The van der Waals surface area contributed by atoms with E-state index in [9.17, 15) is 4.79 Å². The Morgan fingerprint density at radius 3 is 2.39 bits per heavy atom. The van der Waals surface area contributed by atoms with Crippen LogP contribution in [0.4, 0.5) is 0 Å². The van der Waals surface area contributed by atoms with Crippen LogP contribution in [0.1, 0.15) is 20.3 Å². The van der Waals surface area contributed by atoms with Crippen molar-refractivity contribution in [2.24, 2.45) is 5.73 Å². The van der Waals surface area contributed by atoms with E-state index < -0.39 is 0 Å². The van der Waals surface area contributed by atoms with Crippen LogP contribution in [0.5, 0.6) is 0 Å². The summed E-state index contributed by atoms with van der Waals surface area (Å²) in [5, 5.41) is 2.92. The van der Waals surface area contributed by atoms with Gasteiger partial charge in [-0.1, -0.05) is 0 Å². The highest BCUT2D eigenvalue weighted by Crippen LogP contribution is 2.14. The molecular formula is C11H25Cl2N3O2. The van der Waals surface area contributed by atoms with Gasteiger partial charge in [-0.15, -0.1) is 24.8 Å². The lowest BCUT2D eigenvalue weighted by molar-refractivity contribution is -0.121. The van der Waals surface area contributed by atoms with Crippen LogP contribution in [-0.4, -0.2) is 55.7 Å². The number of hydrogen-bond donors (Lipinski definition) is 2. The normalized spacial score (nSPS) is 16.4.